The van der Waals surface area contributed by atoms with Gasteiger partial charge in [0.1, 0.15) is 5.70 Å². The van der Waals surface area contributed by atoms with Crippen molar-refractivity contribution in [3.63, 3.8) is 0 Å². The average Bonchev–Trinajstić information content (AvgIpc) is 3.48. The van der Waals surface area contributed by atoms with E-state index in [9.17, 15) is 14.0 Å². The standard InChI is InChI=1S/C20H29FN4O2/c1-2-23-19(26)14-7-9-15(10-8-14)24-17(6-4-3-5-13-21)18(22)20(27)25-16-11-12-16/h7-10,16,24H,2-6,11-13,22H2,1H3,(H,23,26)(H,25,27)/b18-17-. The van der Waals surface area contributed by atoms with Crippen LogP contribution < -0.4 is 21.7 Å². The quantitative estimate of drug-likeness (QED) is 0.353. The van der Waals surface area contributed by atoms with E-state index in [4.69, 9.17) is 5.73 Å². The van der Waals surface area contributed by atoms with Gasteiger partial charge >= 0.3 is 0 Å². The molecule has 1 aliphatic carbocycles. The molecule has 1 aromatic rings. The summed E-state index contributed by atoms with van der Waals surface area (Å²) < 4.78 is 12.3. The van der Waals surface area contributed by atoms with Crippen molar-refractivity contribution in [2.24, 2.45) is 5.73 Å². The molecule has 0 aliphatic heterocycles. The van der Waals surface area contributed by atoms with Gasteiger partial charge in [-0.15, -0.1) is 0 Å². The highest BCUT2D eigenvalue weighted by atomic mass is 19.1. The average molecular weight is 376 g/mol. The highest BCUT2D eigenvalue weighted by molar-refractivity contribution is 5.95. The third kappa shape index (κ3) is 6.92. The number of nitrogens with one attached hydrogen (secondary N) is 3. The molecule has 7 heteroatoms. The zero-order chi connectivity index (χ0) is 19.6. The van der Waals surface area contributed by atoms with Crippen LogP contribution in [0.1, 0.15) is 55.8 Å². The number of amides is 2. The monoisotopic (exact) mass is 376 g/mol. The smallest absolute Gasteiger partial charge is 0.269 e. The van der Waals surface area contributed by atoms with E-state index in [1.807, 2.05) is 6.92 Å². The van der Waals surface area contributed by atoms with Crippen molar-refractivity contribution in [1.82, 2.24) is 10.6 Å². The largest absolute Gasteiger partial charge is 0.393 e. The molecule has 1 saturated carbocycles. The Kier molecular flexibility index (Phi) is 8.10. The molecule has 1 aliphatic rings. The number of carbonyl (C=O) groups is 2. The van der Waals surface area contributed by atoms with E-state index in [0.29, 0.717) is 30.6 Å². The Labute approximate surface area is 159 Å². The molecule has 27 heavy (non-hydrogen) atoms. The minimum absolute atomic E-state index is 0.130. The van der Waals surface area contributed by atoms with Crippen LogP contribution in [0, 0.1) is 0 Å². The molecule has 0 atom stereocenters. The van der Waals surface area contributed by atoms with Crippen LogP contribution in [0.4, 0.5) is 10.1 Å². The van der Waals surface area contributed by atoms with Crippen molar-refractivity contribution in [2.45, 2.75) is 51.5 Å². The van der Waals surface area contributed by atoms with Gasteiger partial charge in [-0.2, -0.15) is 0 Å². The number of benzene rings is 1. The number of alkyl halides is 1. The van der Waals surface area contributed by atoms with Crippen molar-refractivity contribution in [2.75, 3.05) is 18.5 Å². The van der Waals surface area contributed by atoms with Gasteiger partial charge in [0.05, 0.1) is 6.67 Å². The fraction of sp³-hybridized carbons (Fsp3) is 0.500. The summed E-state index contributed by atoms with van der Waals surface area (Å²) in [6.07, 6.45) is 4.50. The van der Waals surface area contributed by atoms with Crippen LogP contribution in [-0.4, -0.2) is 31.1 Å². The number of unbranched alkanes of at least 4 members (excludes halogenated alkanes) is 2. The van der Waals surface area contributed by atoms with Gasteiger partial charge in [0.2, 0.25) is 0 Å². The summed E-state index contributed by atoms with van der Waals surface area (Å²) in [5, 5.41) is 8.83. The molecule has 0 heterocycles. The number of nitrogens with two attached hydrogens (primary N) is 1. The predicted octanol–water partition coefficient (Wildman–Crippen LogP) is 2.83. The first-order valence-electron chi connectivity index (χ1n) is 9.55. The van der Waals surface area contributed by atoms with Crippen LogP contribution in [0.15, 0.2) is 35.7 Å². The fourth-order valence-electron chi connectivity index (χ4n) is 2.61. The van der Waals surface area contributed by atoms with Crippen LogP contribution in [-0.2, 0) is 4.79 Å². The summed E-state index contributed by atoms with van der Waals surface area (Å²) in [6, 6.07) is 7.21. The normalized spacial score (nSPS) is 14.3. The molecule has 2 amide bonds. The lowest BCUT2D eigenvalue weighted by Crippen LogP contribution is -2.32. The van der Waals surface area contributed by atoms with Gasteiger partial charge < -0.3 is 21.7 Å². The van der Waals surface area contributed by atoms with E-state index >= 15 is 0 Å². The highest BCUT2D eigenvalue weighted by Crippen LogP contribution is 2.21. The molecule has 0 unspecified atom stereocenters. The summed E-state index contributed by atoms with van der Waals surface area (Å²) >= 11 is 0. The van der Waals surface area contributed by atoms with Gasteiger partial charge in [-0.25, -0.2) is 0 Å². The van der Waals surface area contributed by atoms with Crippen LogP contribution in [0.5, 0.6) is 0 Å². The SMILES string of the molecule is CCNC(=O)c1ccc(N/C(CCCCCF)=C(\N)C(=O)NC2CC2)cc1. The van der Waals surface area contributed by atoms with E-state index < -0.39 is 0 Å². The molecule has 0 aromatic heterocycles. The maximum absolute atomic E-state index is 12.3. The molecule has 0 bridgehead atoms. The zero-order valence-electron chi connectivity index (χ0n) is 15.8. The molecule has 0 saturated heterocycles. The van der Waals surface area contributed by atoms with Gasteiger partial charge in [0.25, 0.3) is 11.8 Å². The molecule has 0 radical (unpaired) electrons. The number of carbonyl (C=O) groups excluding carboxylic acids is 2. The van der Waals surface area contributed by atoms with Gasteiger partial charge in [0, 0.05) is 29.5 Å². The van der Waals surface area contributed by atoms with E-state index in [1.165, 1.54) is 0 Å². The first-order valence-corrected chi connectivity index (χ1v) is 9.55. The number of rotatable bonds is 11. The topological polar surface area (TPSA) is 96.2 Å². The summed E-state index contributed by atoms with van der Waals surface area (Å²) in [5.74, 6) is -0.404. The van der Waals surface area contributed by atoms with Crippen molar-refractivity contribution in [1.29, 1.82) is 0 Å². The van der Waals surface area contributed by atoms with Gasteiger partial charge in [-0.1, -0.05) is 6.42 Å². The Morgan fingerprint density at radius 3 is 2.44 bits per heavy atom. The fourth-order valence-corrected chi connectivity index (χ4v) is 2.61. The second kappa shape index (κ2) is 10.5. The first-order chi connectivity index (χ1) is 13.0. The first kappa shape index (κ1) is 20.7. The Hall–Kier alpha value is -2.57. The van der Waals surface area contributed by atoms with E-state index in [1.54, 1.807) is 24.3 Å². The molecule has 1 fully saturated rings. The van der Waals surface area contributed by atoms with Crippen LogP contribution in [0.25, 0.3) is 0 Å². The van der Waals surface area contributed by atoms with Gasteiger partial charge in [-0.05, 0) is 63.3 Å². The number of halogens is 1. The summed E-state index contributed by atoms with van der Waals surface area (Å²) in [4.78, 5) is 24.1. The Balaban J connectivity index is 2.07. The summed E-state index contributed by atoms with van der Waals surface area (Å²) in [5.41, 5.74) is 8.18. The zero-order valence-corrected chi connectivity index (χ0v) is 15.8. The minimum Gasteiger partial charge on any atom is -0.393 e. The minimum atomic E-state index is -0.342. The number of anilines is 1. The van der Waals surface area contributed by atoms with Crippen molar-refractivity contribution in [3.8, 4) is 0 Å². The Bertz CT molecular complexity index is 669. The molecular formula is C20H29FN4O2. The molecule has 148 valence electrons. The van der Waals surface area contributed by atoms with Crippen molar-refractivity contribution >= 4 is 17.5 Å². The predicted molar refractivity (Wildman–Crippen MR) is 105 cm³/mol. The second-order valence-electron chi connectivity index (χ2n) is 6.70. The third-order valence-electron chi connectivity index (χ3n) is 4.32. The maximum atomic E-state index is 12.3. The number of hydrogen-bond donors (Lipinski definition) is 4. The Morgan fingerprint density at radius 1 is 1.15 bits per heavy atom. The number of allylic oxidation sites excluding steroid dienone is 1. The van der Waals surface area contributed by atoms with Gasteiger partial charge in [0.15, 0.2) is 0 Å². The van der Waals surface area contributed by atoms with Crippen molar-refractivity contribution in [3.05, 3.63) is 41.2 Å². The Morgan fingerprint density at radius 2 is 1.85 bits per heavy atom. The van der Waals surface area contributed by atoms with Crippen LogP contribution in [0.3, 0.4) is 0 Å². The second-order valence-corrected chi connectivity index (χ2v) is 6.70. The maximum Gasteiger partial charge on any atom is 0.269 e. The van der Waals surface area contributed by atoms with E-state index in [2.05, 4.69) is 16.0 Å². The third-order valence-corrected chi connectivity index (χ3v) is 4.32. The molecule has 2 rings (SSSR count). The van der Waals surface area contributed by atoms with Crippen molar-refractivity contribution < 1.29 is 14.0 Å². The van der Waals surface area contributed by atoms with Crippen LogP contribution in [0.2, 0.25) is 0 Å². The molecular weight excluding hydrogens is 347 g/mol. The molecule has 1 aromatic carbocycles. The molecule has 6 nitrogen and oxygen atoms in total. The molecule has 0 spiro atoms. The highest BCUT2D eigenvalue weighted by Gasteiger charge is 2.25. The van der Waals surface area contributed by atoms with Gasteiger partial charge in [-0.3, -0.25) is 14.0 Å². The van der Waals surface area contributed by atoms with Crippen LogP contribution >= 0.6 is 0 Å². The number of hydrogen-bond acceptors (Lipinski definition) is 4. The lowest BCUT2D eigenvalue weighted by Gasteiger charge is -2.15. The van der Waals surface area contributed by atoms with E-state index in [-0.39, 0.29) is 30.2 Å². The summed E-state index contributed by atoms with van der Waals surface area (Å²) in [6.45, 7) is 2.09. The lowest BCUT2D eigenvalue weighted by molar-refractivity contribution is -0.117. The molecule has 5 N–H and O–H groups in total. The lowest BCUT2D eigenvalue weighted by atomic mass is 10.1. The summed E-state index contributed by atoms with van der Waals surface area (Å²) in [7, 11) is 0. The van der Waals surface area contributed by atoms with E-state index in [0.717, 1.165) is 31.4 Å².